The van der Waals surface area contributed by atoms with Gasteiger partial charge in [0.05, 0.1) is 5.56 Å². The zero-order valence-electron chi connectivity index (χ0n) is 11.5. The molecule has 104 valence electrons. The van der Waals surface area contributed by atoms with Crippen molar-refractivity contribution >= 4 is 23.1 Å². The van der Waals surface area contributed by atoms with Crippen molar-refractivity contribution in [2.75, 3.05) is 6.61 Å². The third-order valence-electron chi connectivity index (χ3n) is 2.90. The predicted molar refractivity (Wildman–Crippen MR) is 80.3 cm³/mol. The van der Waals surface area contributed by atoms with Crippen LogP contribution in [-0.4, -0.2) is 23.5 Å². The van der Waals surface area contributed by atoms with Gasteiger partial charge >= 0.3 is 0 Å². The molecule has 0 aliphatic rings. The summed E-state index contributed by atoms with van der Waals surface area (Å²) in [6.45, 7) is 6.02. The van der Waals surface area contributed by atoms with E-state index in [2.05, 4.69) is 5.32 Å². The number of nitrogens with one attached hydrogen (secondary N) is 1. The van der Waals surface area contributed by atoms with Crippen molar-refractivity contribution in [1.82, 2.24) is 5.32 Å². The molecule has 0 fully saturated rings. The molecule has 1 amide bonds. The molecule has 19 heavy (non-hydrogen) atoms. The van der Waals surface area contributed by atoms with Crippen molar-refractivity contribution < 1.29 is 9.53 Å². The van der Waals surface area contributed by atoms with E-state index in [-0.39, 0.29) is 23.5 Å². The lowest BCUT2D eigenvalue weighted by atomic mass is 10.1. The van der Waals surface area contributed by atoms with Crippen molar-refractivity contribution in [2.45, 2.75) is 26.8 Å². The van der Waals surface area contributed by atoms with Crippen LogP contribution in [0.3, 0.4) is 0 Å². The predicted octanol–water partition coefficient (Wildman–Crippen LogP) is 1.86. The minimum atomic E-state index is -0.154. The van der Waals surface area contributed by atoms with Crippen LogP contribution in [0, 0.1) is 5.92 Å². The van der Waals surface area contributed by atoms with E-state index in [0.717, 1.165) is 0 Å². The van der Waals surface area contributed by atoms with Crippen molar-refractivity contribution in [2.24, 2.45) is 11.7 Å². The van der Waals surface area contributed by atoms with E-state index in [0.29, 0.717) is 17.2 Å². The van der Waals surface area contributed by atoms with Crippen LogP contribution in [0.5, 0.6) is 5.75 Å². The number of carbonyl (C=O) groups excluding carboxylic acids is 1. The Balaban J connectivity index is 2.58. The highest BCUT2D eigenvalue weighted by Crippen LogP contribution is 2.17. The Morgan fingerprint density at radius 3 is 2.58 bits per heavy atom. The zero-order valence-corrected chi connectivity index (χ0v) is 12.3. The van der Waals surface area contributed by atoms with Gasteiger partial charge in [-0.3, -0.25) is 4.79 Å². The maximum absolute atomic E-state index is 11.7. The van der Waals surface area contributed by atoms with E-state index in [1.807, 2.05) is 32.9 Å². The molecule has 0 saturated carbocycles. The fourth-order valence-corrected chi connectivity index (χ4v) is 1.57. The van der Waals surface area contributed by atoms with Crippen LogP contribution < -0.4 is 15.8 Å². The molecule has 0 heterocycles. The monoisotopic (exact) mass is 280 g/mol. The second-order valence-electron chi connectivity index (χ2n) is 4.75. The molecule has 0 radical (unpaired) electrons. The van der Waals surface area contributed by atoms with Crippen LogP contribution in [0.2, 0.25) is 0 Å². The Morgan fingerprint density at radius 2 is 2.00 bits per heavy atom. The first kappa shape index (κ1) is 15.4. The summed E-state index contributed by atoms with van der Waals surface area (Å²) in [6.07, 6.45) is 0. The van der Waals surface area contributed by atoms with Crippen molar-refractivity contribution in [1.29, 1.82) is 0 Å². The van der Waals surface area contributed by atoms with E-state index in [9.17, 15) is 4.79 Å². The number of rotatable bonds is 6. The van der Waals surface area contributed by atoms with Crippen LogP contribution in [0.25, 0.3) is 0 Å². The zero-order chi connectivity index (χ0) is 14.4. The first-order chi connectivity index (χ1) is 8.91. The fourth-order valence-electron chi connectivity index (χ4n) is 1.40. The van der Waals surface area contributed by atoms with Crippen LogP contribution >= 0.6 is 12.2 Å². The molecule has 3 N–H and O–H groups in total. The molecule has 0 aliphatic carbocycles. The van der Waals surface area contributed by atoms with Gasteiger partial charge in [0.2, 0.25) is 0 Å². The smallest absolute Gasteiger partial charge is 0.258 e. The van der Waals surface area contributed by atoms with E-state index >= 15 is 0 Å². The van der Waals surface area contributed by atoms with Gasteiger partial charge in [0.1, 0.15) is 10.7 Å². The van der Waals surface area contributed by atoms with Gasteiger partial charge in [-0.05, 0) is 25.0 Å². The highest BCUT2D eigenvalue weighted by Gasteiger charge is 2.12. The Bertz CT molecular complexity index is 461. The van der Waals surface area contributed by atoms with Gasteiger partial charge in [-0.25, -0.2) is 0 Å². The SMILES string of the molecule is CC(C)C(C)NC(=O)COc1ccccc1C(N)=S. The third-order valence-corrected chi connectivity index (χ3v) is 3.12. The molecule has 0 aromatic heterocycles. The molecule has 5 heteroatoms. The number of nitrogens with two attached hydrogens (primary N) is 1. The molecule has 1 unspecified atom stereocenters. The summed E-state index contributed by atoms with van der Waals surface area (Å²) in [6, 6.07) is 7.26. The lowest BCUT2D eigenvalue weighted by Crippen LogP contribution is -2.39. The normalized spacial score (nSPS) is 12.0. The summed E-state index contributed by atoms with van der Waals surface area (Å²) in [5, 5.41) is 2.87. The molecule has 0 bridgehead atoms. The largest absolute Gasteiger partial charge is 0.483 e. The summed E-state index contributed by atoms with van der Waals surface area (Å²) in [7, 11) is 0. The summed E-state index contributed by atoms with van der Waals surface area (Å²) >= 11 is 4.93. The second kappa shape index (κ2) is 7.09. The molecule has 0 spiro atoms. The number of hydrogen-bond acceptors (Lipinski definition) is 3. The first-order valence-electron chi connectivity index (χ1n) is 6.22. The van der Waals surface area contributed by atoms with Gasteiger partial charge in [0, 0.05) is 6.04 Å². The summed E-state index contributed by atoms with van der Waals surface area (Å²) in [5.41, 5.74) is 6.23. The third kappa shape index (κ3) is 4.87. The Hall–Kier alpha value is -1.62. The van der Waals surface area contributed by atoms with Crippen molar-refractivity contribution in [3.8, 4) is 5.75 Å². The Kier molecular flexibility index (Phi) is 5.76. The van der Waals surface area contributed by atoms with Gasteiger partial charge < -0.3 is 15.8 Å². The van der Waals surface area contributed by atoms with Crippen LogP contribution in [0.1, 0.15) is 26.3 Å². The first-order valence-corrected chi connectivity index (χ1v) is 6.63. The van der Waals surface area contributed by atoms with Crippen molar-refractivity contribution in [3.63, 3.8) is 0 Å². The molecule has 0 aliphatic heterocycles. The second-order valence-corrected chi connectivity index (χ2v) is 5.19. The van der Waals surface area contributed by atoms with Gasteiger partial charge in [0.15, 0.2) is 6.61 Å². The molecule has 0 saturated heterocycles. The van der Waals surface area contributed by atoms with Crippen molar-refractivity contribution in [3.05, 3.63) is 29.8 Å². The highest BCUT2D eigenvalue weighted by molar-refractivity contribution is 7.80. The number of hydrogen-bond donors (Lipinski definition) is 2. The number of carbonyl (C=O) groups is 1. The number of thiocarbonyl (C=S) groups is 1. The van der Waals surface area contributed by atoms with E-state index in [1.165, 1.54) is 0 Å². The number of amides is 1. The fraction of sp³-hybridized carbons (Fsp3) is 0.429. The lowest BCUT2D eigenvalue weighted by Gasteiger charge is -2.18. The molecule has 1 atom stereocenters. The quantitative estimate of drug-likeness (QED) is 0.781. The standard InChI is InChI=1S/C14H20N2O2S/c1-9(2)10(3)16-13(17)8-18-12-7-5-4-6-11(12)14(15)19/h4-7,9-10H,8H2,1-3H3,(H2,15,19)(H,16,17). The number of para-hydroxylation sites is 1. The highest BCUT2D eigenvalue weighted by atomic mass is 32.1. The topological polar surface area (TPSA) is 64.3 Å². The lowest BCUT2D eigenvalue weighted by molar-refractivity contribution is -0.124. The molecular weight excluding hydrogens is 260 g/mol. The maximum atomic E-state index is 11.7. The summed E-state index contributed by atoms with van der Waals surface area (Å²) < 4.78 is 5.46. The Morgan fingerprint density at radius 1 is 1.37 bits per heavy atom. The molecule has 4 nitrogen and oxygen atoms in total. The van der Waals surface area contributed by atoms with E-state index in [4.69, 9.17) is 22.7 Å². The molecule has 1 aromatic rings. The average molecular weight is 280 g/mol. The van der Waals surface area contributed by atoms with Gasteiger partial charge in [-0.1, -0.05) is 38.2 Å². The van der Waals surface area contributed by atoms with Crippen LogP contribution in [-0.2, 0) is 4.79 Å². The van der Waals surface area contributed by atoms with E-state index < -0.39 is 0 Å². The van der Waals surface area contributed by atoms with Crippen LogP contribution in [0.4, 0.5) is 0 Å². The minimum absolute atomic E-state index is 0.0450. The average Bonchev–Trinajstić information content (AvgIpc) is 2.36. The molecule has 1 rings (SSSR count). The Labute approximate surface area is 119 Å². The van der Waals surface area contributed by atoms with E-state index in [1.54, 1.807) is 12.1 Å². The van der Waals surface area contributed by atoms with Gasteiger partial charge in [0.25, 0.3) is 5.91 Å². The van der Waals surface area contributed by atoms with Gasteiger partial charge in [-0.2, -0.15) is 0 Å². The number of benzene rings is 1. The maximum Gasteiger partial charge on any atom is 0.258 e. The summed E-state index contributed by atoms with van der Waals surface area (Å²) in [4.78, 5) is 12.0. The number of ether oxygens (including phenoxy) is 1. The minimum Gasteiger partial charge on any atom is -0.483 e. The summed E-state index contributed by atoms with van der Waals surface area (Å²) in [5.74, 6) is 0.758. The van der Waals surface area contributed by atoms with Gasteiger partial charge in [-0.15, -0.1) is 0 Å². The van der Waals surface area contributed by atoms with Crippen LogP contribution in [0.15, 0.2) is 24.3 Å². The molecule has 1 aromatic carbocycles. The molecular formula is C14H20N2O2S.